The summed E-state index contributed by atoms with van der Waals surface area (Å²) in [5.41, 5.74) is 0.857. The normalized spacial score (nSPS) is 19.6. The number of methoxy groups -OCH3 is 1. The van der Waals surface area contributed by atoms with Gasteiger partial charge >= 0.3 is 0 Å². The van der Waals surface area contributed by atoms with E-state index in [1.807, 2.05) is 7.05 Å². The molecule has 0 fully saturated rings. The van der Waals surface area contributed by atoms with E-state index in [0.717, 1.165) is 30.8 Å². The summed E-state index contributed by atoms with van der Waals surface area (Å²) < 4.78 is 5.15. The fourth-order valence-corrected chi connectivity index (χ4v) is 1.42. The van der Waals surface area contributed by atoms with Gasteiger partial charge in [-0.25, -0.2) is 0 Å². The second kappa shape index (κ2) is 3.72. The number of carbonyl (C=O) groups is 1. The highest BCUT2D eigenvalue weighted by atomic mass is 16.5. The molecule has 12 heavy (non-hydrogen) atoms. The molecular weight excluding hydrogens is 154 g/mol. The fourth-order valence-electron chi connectivity index (χ4n) is 1.42. The number of hydrogen-bond donors (Lipinski definition) is 0. The number of ketones is 1. The third kappa shape index (κ3) is 1.85. The highest BCUT2D eigenvalue weighted by Crippen LogP contribution is 2.17. The SMILES string of the molecule is COC1=C(C(C)=O)CCN(C)C1. The molecule has 0 N–H and O–H groups in total. The maximum Gasteiger partial charge on any atom is 0.159 e. The van der Waals surface area contributed by atoms with E-state index >= 15 is 0 Å². The minimum absolute atomic E-state index is 0.139. The Kier molecular flexibility index (Phi) is 2.87. The first-order chi connectivity index (χ1) is 5.65. The van der Waals surface area contributed by atoms with Gasteiger partial charge in [0.15, 0.2) is 5.78 Å². The van der Waals surface area contributed by atoms with Gasteiger partial charge in [0.25, 0.3) is 0 Å². The van der Waals surface area contributed by atoms with E-state index in [1.165, 1.54) is 0 Å². The standard InChI is InChI=1S/C9H15NO2/c1-7(11)8-4-5-10(2)6-9(8)12-3/h4-6H2,1-3H3. The summed E-state index contributed by atoms with van der Waals surface area (Å²) in [6.07, 6.45) is 0.814. The molecule has 3 nitrogen and oxygen atoms in total. The van der Waals surface area contributed by atoms with Crippen LogP contribution >= 0.6 is 0 Å². The quantitative estimate of drug-likeness (QED) is 0.612. The van der Waals surface area contributed by atoms with Crippen molar-refractivity contribution in [3.8, 4) is 0 Å². The van der Waals surface area contributed by atoms with Crippen molar-refractivity contribution in [1.29, 1.82) is 0 Å². The number of Topliss-reactive ketones (excluding diaryl/α,β-unsaturated/α-hetero) is 1. The summed E-state index contributed by atoms with van der Waals surface area (Å²) >= 11 is 0. The van der Waals surface area contributed by atoms with E-state index in [4.69, 9.17) is 4.74 Å². The van der Waals surface area contributed by atoms with E-state index in [-0.39, 0.29) is 5.78 Å². The number of carbonyl (C=O) groups excluding carboxylic acids is 1. The lowest BCUT2D eigenvalue weighted by atomic mass is 10.0. The van der Waals surface area contributed by atoms with Crippen molar-refractivity contribution in [2.45, 2.75) is 13.3 Å². The van der Waals surface area contributed by atoms with Gasteiger partial charge in [-0.15, -0.1) is 0 Å². The van der Waals surface area contributed by atoms with Gasteiger partial charge in [0, 0.05) is 12.1 Å². The molecule has 1 heterocycles. The summed E-state index contributed by atoms with van der Waals surface area (Å²) in [5, 5.41) is 0. The lowest BCUT2D eigenvalue weighted by Crippen LogP contribution is -2.30. The van der Waals surface area contributed by atoms with Crippen molar-refractivity contribution >= 4 is 5.78 Å². The van der Waals surface area contributed by atoms with Crippen LogP contribution in [0.25, 0.3) is 0 Å². The molecular formula is C9H15NO2. The number of likely N-dealkylation sites (N-methyl/N-ethyl adjacent to an activating group) is 1. The van der Waals surface area contributed by atoms with Crippen LogP contribution in [-0.2, 0) is 9.53 Å². The second-order valence-corrected chi connectivity index (χ2v) is 3.15. The van der Waals surface area contributed by atoms with Crippen molar-refractivity contribution in [3.05, 3.63) is 11.3 Å². The Hall–Kier alpha value is -0.830. The smallest absolute Gasteiger partial charge is 0.159 e. The Balaban J connectivity index is 2.83. The molecule has 68 valence electrons. The Morgan fingerprint density at radius 3 is 2.75 bits per heavy atom. The summed E-state index contributed by atoms with van der Waals surface area (Å²) in [6.45, 7) is 3.30. The Morgan fingerprint density at radius 2 is 2.25 bits per heavy atom. The van der Waals surface area contributed by atoms with Crippen molar-refractivity contribution in [1.82, 2.24) is 4.90 Å². The van der Waals surface area contributed by atoms with Crippen LogP contribution in [0.1, 0.15) is 13.3 Å². The van der Waals surface area contributed by atoms with Crippen molar-refractivity contribution in [2.24, 2.45) is 0 Å². The van der Waals surface area contributed by atoms with Gasteiger partial charge < -0.3 is 4.74 Å². The molecule has 1 rings (SSSR count). The fraction of sp³-hybridized carbons (Fsp3) is 0.667. The lowest BCUT2D eigenvalue weighted by Gasteiger charge is -2.25. The summed E-state index contributed by atoms with van der Waals surface area (Å²) in [4.78, 5) is 13.3. The predicted octanol–water partition coefficient (Wildman–Crippen LogP) is 0.811. The number of nitrogens with zero attached hydrogens (tertiary/aromatic N) is 1. The number of hydrogen-bond acceptors (Lipinski definition) is 3. The van der Waals surface area contributed by atoms with Gasteiger partial charge in [0.2, 0.25) is 0 Å². The van der Waals surface area contributed by atoms with Crippen molar-refractivity contribution in [2.75, 3.05) is 27.2 Å². The zero-order valence-electron chi connectivity index (χ0n) is 7.89. The molecule has 3 heteroatoms. The molecule has 0 atom stereocenters. The molecule has 0 amide bonds. The van der Waals surface area contributed by atoms with Crippen LogP contribution in [0.15, 0.2) is 11.3 Å². The minimum Gasteiger partial charge on any atom is -0.499 e. The maximum absolute atomic E-state index is 11.1. The molecule has 0 radical (unpaired) electrons. The topological polar surface area (TPSA) is 29.5 Å². The van der Waals surface area contributed by atoms with E-state index in [2.05, 4.69) is 4.90 Å². The van der Waals surface area contributed by atoms with Crippen LogP contribution in [0.4, 0.5) is 0 Å². The minimum atomic E-state index is 0.139. The number of ether oxygens (including phenoxy) is 1. The Morgan fingerprint density at radius 1 is 1.58 bits per heavy atom. The zero-order chi connectivity index (χ0) is 9.14. The molecule has 0 unspecified atom stereocenters. The second-order valence-electron chi connectivity index (χ2n) is 3.15. The van der Waals surface area contributed by atoms with Gasteiger partial charge in [-0.1, -0.05) is 0 Å². The molecule has 1 aliphatic rings. The molecule has 0 saturated carbocycles. The van der Waals surface area contributed by atoms with Crippen LogP contribution in [-0.4, -0.2) is 37.9 Å². The molecule has 0 saturated heterocycles. The zero-order valence-corrected chi connectivity index (χ0v) is 7.89. The van der Waals surface area contributed by atoms with Gasteiger partial charge in [0.1, 0.15) is 5.76 Å². The van der Waals surface area contributed by atoms with Gasteiger partial charge in [-0.3, -0.25) is 9.69 Å². The monoisotopic (exact) mass is 169 g/mol. The van der Waals surface area contributed by atoms with Crippen LogP contribution < -0.4 is 0 Å². The molecule has 0 aliphatic carbocycles. The highest BCUT2D eigenvalue weighted by Gasteiger charge is 2.19. The predicted molar refractivity (Wildman–Crippen MR) is 46.8 cm³/mol. The largest absolute Gasteiger partial charge is 0.499 e. The third-order valence-corrected chi connectivity index (χ3v) is 2.17. The molecule has 0 spiro atoms. The lowest BCUT2D eigenvalue weighted by molar-refractivity contribution is -0.114. The van der Waals surface area contributed by atoms with Crippen molar-refractivity contribution < 1.29 is 9.53 Å². The first kappa shape index (κ1) is 9.26. The van der Waals surface area contributed by atoms with E-state index in [1.54, 1.807) is 14.0 Å². The average Bonchev–Trinajstić information content (AvgIpc) is 2.03. The number of rotatable bonds is 2. The summed E-state index contributed by atoms with van der Waals surface area (Å²) in [7, 11) is 3.65. The average molecular weight is 169 g/mol. The van der Waals surface area contributed by atoms with Crippen LogP contribution in [0, 0.1) is 0 Å². The molecule has 0 aromatic rings. The Bertz CT molecular complexity index is 221. The van der Waals surface area contributed by atoms with Crippen LogP contribution in [0.3, 0.4) is 0 Å². The highest BCUT2D eigenvalue weighted by molar-refractivity contribution is 5.93. The summed E-state index contributed by atoms with van der Waals surface area (Å²) in [6, 6.07) is 0. The summed E-state index contributed by atoms with van der Waals surface area (Å²) in [5.74, 6) is 0.969. The maximum atomic E-state index is 11.1. The van der Waals surface area contributed by atoms with Gasteiger partial charge in [0.05, 0.1) is 13.7 Å². The van der Waals surface area contributed by atoms with Crippen LogP contribution in [0.5, 0.6) is 0 Å². The van der Waals surface area contributed by atoms with Crippen LogP contribution in [0.2, 0.25) is 0 Å². The first-order valence-corrected chi connectivity index (χ1v) is 4.10. The van der Waals surface area contributed by atoms with Gasteiger partial charge in [-0.2, -0.15) is 0 Å². The van der Waals surface area contributed by atoms with E-state index in [9.17, 15) is 4.79 Å². The van der Waals surface area contributed by atoms with E-state index in [0.29, 0.717) is 0 Å². The third-order valence-electron chi connectivity index (χ3n) is 2.17. The first-order valence-electron chi connectivity index (χ1n) is 4.10. The van der Waals surface area contributed by atoms with E-state index < -0.39 is 0 Å². The molecule has 1 aliphatic heterocycles. The molecule has 0 aromatic carbocycles. The molecule has 0 bridgehead atoms. The molecule has 0 aromatic heterocycles. The Labute approximate surface area is 73.0 Å². The van der Waals surface area contributed by atoms with Gasteiger partial charge in [-0.05, 0) is 20.4 Å². The van der Waals surface area contributed by atoms with Crippen molar-refractivity contribution in [3.63, 3.8) is 0 Å².